The Kier molecular flexibility index (Phi) is 6.50. The molecule has 1 unspecified atom stereocenters. The van der Waals surface area contributed by atoms with E-state index in [1.54, 1.807) is 7.11 Å². The van der Waals surface area contributed by atoms with Crippen LogP contribution in [0.3, 0.4) is 0 Å². The summed E-state index contributed by atoms with van der Waals surface area (Å²) in [6.07, 6.45) is 2.31. The van der Waals surface area contributed by atoms with Crippen LogP contribution in [0.1, 0.15) is 33.6 Å². The smallest absolute Gasteiger partial charge is 0.123 e. The van der Waals surface area contributed by atoms with E-state index in [9.17, 15) is 0 Å². The summed E-state index contributed by atoms with van der Waals surface area (Å²) in [7, 11) is 1.72. The topological polar surface area (TPSA) is 56.5 Å². The van der Waals surface area contributed by atoms with Crippen molar-refractivity contribution in [3.8, 4) is 5.75 Å². The number of nitrogens with two attached hydrogens (primary N) is 1. The van der Waals surface area contributed by atoms with Gasteiger partial charge in [-0.25, -0.2) is 0 Å². The zero-order valence-electron chi connectivity index (χ0n) is 12.4. The second-order valence-corrected chi connectivity index (χ2v) is 5.04. The van der Waals surface area contributed by atoms with Crippen LogP contribution in [0, 0.1) is 0 Å². The van der Waals surface area contributed by atoms with Crippen molar-refractivity contribution >= 4 is 11.4 Å². The zero-order chi connectivity index (χ0) is 14.3. The average molecular weight is 266 g/mol. The lowest BCUT2D eigenvalue weighted by Gasteiger charge is -2.20. The molecule has 0 bridgehead atoms. The average Bonchev–Trinajstić information content (AvgIpc) is 2.27. The number of benzene rings is 1. The number of hydrogen-bond acceptors (Lipinski definition) is 4. The molecule has 0 aliphatic carbocycles. The molecular formula is C15H26N2O2. The summed E-state index contributed by atoms with van der Waals surface area (Å²) in [4.78, 5) is 0. The Hall–Kier alpha value is -1.42. The van der Waals surface area contributed by atoms with Crippen LogP contribution in [0.15, 0.2) is 18.2 Å². The molecule has 1 rings (SSSR count). The first kappa shape index (κ1) is 15.6. The number of nitrogen functional groups attached to an aromatic ring is 1. The van der Waals surface area contributed by atoms with Crippen LogP contribution in [0.2, 0.25) is 0 Å². The minimum Gasteiger partial charge on any atom is -0.491 e. The van der Waals surface area contributed by atoms with Gasteiger partial charge in [-0.3, -0.25) is 0 Å². The molecule has 108 valence electrons. The largest absolute Gasteiger partial charge is 0.491 e. The van der Waals surface area contributed by atoms with Gasteiger partial charge in [0.15, 0.2) is 0 Å². The summed E-state index contributed by atoms with van der Waals surface area (Å²) in [5.74, 6) is 0.796. The third kappa shape index (κ3) is 5.83. The van der Waals surface area contributed by atoms with Gasteiger partial charge in [0.1, 0.15) is 5.75 Å². The van der Waals surface area contributed by atoms with Crippen molar-refractivity contribution in [2.75, 3.05) is 24.8 Å². The maximum absolute atomic E-state index is 5.91. The van der Waals surface area contributed by atoms with Crippen molar-refractivity contribution in [3.05, 3.63) is 18.2 Å². The van der Waals surface area contributed by atoms with Gasteiger partial charge in [-0.15, -0.1) is 0 Å². The van der Waals surface area contributed by atoms with E-state index in [1.165, 1.54) is 0 Å². The predicted molar refractivity (Wildman–Crippen MR) is 80.8 cm³/mol. The predicted octanol–water partition coefficient (Wildman–Crippen LogP) is 3.28. The quantitative estimate of drug-likeness (QED) is 0.709. The maximum Gasteiger partial charge on any atom is 0.123 e. The third-order valence-electron chi connectivity index (χ3n) is 2.68. The number of anilines is 2. The molecule has 0 aliphatic heterocycles. The summed E-state index contributed by atoms with van der Waals surface area (Å²) in [6, 6.07) is 6.04. The monoisotopic (exact) mass is 266 g/mol. The van der Waals surface area contributed by atoms with Gasteiger partial charge in [0.05, 0.1) is 12.7 Å². The van der Waals surface area contributed by atoms with Gasteiger partial charge < -0.3 is 20.5 Å². The van der Waals surface area contributed by atoms with Crippen LogP contribution in [-0.2, 0) is 4.74 Å². The lowest BCUT2D eigenvalue weighted by molar-refractivity contribution is 0.182. The highest BCUT2D eigenvalue weighted by atomic mass is 16.5. The van der Waals surface area contributed by atoms with Gasteiger partial charge in [-0.1, -0.05) is 13.3 Å². The molecule has 0 aliphatic rings. The highest BCUT2D eigenvalue weighted by Crippen LogP contribution is 2.24. The molecule has 0 heterocycles. The zero-order valence-corrected chi connectivity index (χ0v) is 12.4. The molecule has 3 N–H and O–H groups in total. The van der Waals surface area contributed by atoms with Gasteiger partial charge >= 0.3 is 0 Å². The van der Waals surface area contributed by atoms with Crippen molar-refractivity contribution in [1.29, 1.82) is 0 Å². The molecule has 1 atom stereocenters. The van der Waals surface area contributed by atoms with Gasteiger partial charge in [-0.05, 0) is 26.3 Å². The summed E-state index contributed by atoms with van der Waals surface area (Å²) in [6.45, 7) is 6.85. The summed E-state index contributed by atoms with van der Waals surface area (Å²) in [5, 5.41) is 3.45. The number of methoxy groups -OCH3 is 1. The van der Waals surface area contributed by atoms with Crippen molar-refractivity contribution in [1.82, 2.24) is 0 Å². The van der Waals surface area contributed by atoms with Crippen LogP contribution < -0.4 is 15.8 Å². The fourth-order valence-electron chi connectivity index (χ4n) is 2.03. The summed E-state index contributed by atoms with van der Waals surface area (Å²) >= 11 is 0. The minimum atomic E-state index is 0.139. The van der Waals surface area contributed by atoms with E-state index >= 15 is 0 Å². The van der Waals surface area contributed by atoms with E-state index in [2.05, 4.69) is 12.2 Å². The van der Waals surface area contributed by atoms with Crippen LogP contribution >= 0.6 is 0 Å². The highest BCUT2D eigenvalue weighted by molar-refractivity contribution is 5.59. The summed E-state index contributed by atoms with van der Waals surface area (Å²) in [5.41, 5.74) is 7.59. The first-order valence-corrected chi connectivity index (χ1v) is 6.87. The molecule has 0 saturated carbocycles. The van der Waals surface area contributed by atoms with Crippen LogP contribution in [0.25, 0.3) is 0 Å². The van der Waals surface area contributed by atoms with Crippen molar-refractivity contribution in [2.24, 2.45) is 0 Å². The Balaban J connectivity index is 2.77. The Bertz CT molecular complexity index is 374. The summed E-state index contributed by atoms with van der Waals surface area (Å²) < 4.78 is 10.9. The van der Waals surface area contributed by atoms with E-state index in [0.29, 0.717) is 18.3 Å². The molecule has 1 aromatic carbocycles. The first-order valence-electron chi connectivity index (χ1n) is 6.87. The molecule has 0 saturated heterocycles. The van der Waals surface area contributed by atoms with E-state index < -0.39 is 0 Å². The standard InChI is InChI=1S/C15H26N2O2/c1-5-6-13(10-18-4)17-14-7-12(16)8-15(9-14)19-11(2)3/h7-9,11,13,17H,5-6,10,16H2,1-4H3. The molecule has 0 radical (unpaired) electrons. The van der Waals surface area contributed by atoms with E-state index in [-0.39, 0.29) is 6.10 Å². The fraction of sp³-hybridized carbons (Fsp3) is 0.600. The molecule has 19 heavy (non-hydrogen) atoms. The van der Waals surface area contributed by atoms with Crippen molar-refractivity contribution in [2.45, 2.75) is 45.8 Å². The highest BCUT2D eigenvalue weighted by Gasteiger charge is 2.09. The van der Waals surface area contributed by atoms with E-state index in [0.717, 1.165) is 24.3 Å². The maximum atomic E-state index is 5.91. The minimum absolute atomic E-state index is 0.139. The number of hydrogen-bond donors (Lipinski definition) is 2. The normalized spacial score (nSPS) is 12.5. The molecule has 0 aromatic heterocycles. The first-order chi connectivity index (χ1) is 9.05. The van der Waals surface area contributed by atoms with Crippen molar-refractivity contribution < 1.29 is 9.47 Å². The van der Waals surface area contributed by atoms with Crippen LogP contribution in [0.4, 0.5) is 11.4 Å². The van der Waals surface area contributed by atoms with Gasteiger partial charge in [0.2, 0.25) is 0 Å². The second-order valence-electron chi connectivity index (χ2n) is 5.04. The Morgan fingerprint density at radius 2 is 2.00 bits per heavy atom. The van der Waals surface area contributed by atoms with Crippen LogP contribution in [0.5, 0.6) is 5.75 Å². The lowest BCUT2D eigenvalue weighted by atomic mass is 10.1. The SMILES string of the molecule is CCCC(COC)Nc1cc(N)cc(OC(C)C)c1. The Morgan fingerprint density at radius 3 is 2.58 bits per heavy atom. The lowest BCUT2D eigenvalue weighted by Crippen LogP contribution is -2.24. The van der Waals surface area contributed by atoms with Crippen molar-refractivity contribution in [3.63, 3.8) is 0 Å². The molecule has 0 spiro atoms. The third-order valence-corrected chi connectivity index (χ3v) is 2.68. The molecule has 1 aromatic rings. The molecule has 4 nitrogen and oxygen atoms in total. The second kappa shape index (κ2) is 7.89. The number of ether oxygens (including phenoxy) is 2. The van der Waals surface area contributed by atoms with E-state index in [4.69, 9.17) is 15.2 Å². The Morgan fingerprint density at radius 1 is 1.26 bits per heavy atom. The van der Waals surface area contributed by atoms with Crippen LogP contribution in [-0.4, -0.2) is 25.9 Å². The van der Waals surface area contributed by atoms with Gasteiger partial charge in [0, 0.05) is 36.7 Å². The number of rotatable bonds is 8. The molecule has 4 heteroatoms. The van der Waals surface area contributed by atoms with Gasteiger partial charge in [-0.2, -0.15) is 0 Å². The molecular weight excluding hydrogens is 240 g/mol. The molecule has 0 fully saturated rings. The fourth-order valence-corrected chi connectivity index (χ4v) is 2.03. The van der Waals surface area contributed by atoms with Gasteiger partial charge in [0.25, 0.3) is 0 Å². The van der Waals surface area contributed by atoms with E-state index in [1.807, 2.05) is 32.0 Å². The number of nitrogens with one attached hydrogen (secondary N) is 1. The molecule has 0 amide bonds. The Labute approximate surface area is 116 Å².